The predicted molar refractivity (Wildman–Crippen MR) is 107 cm³/mol. The van der Waals surface area contributed by atoms with E-state index in [4.69, 9.17) is 12.2 Å². The molecule has 0 atom stereocenters. The standard InChI is InChI=1S/C18H17N3OS3/c1-2-13-8-6-7-11-15(13)19-16(22)12-24-17-20-21(18(23)25-17)14-9-4-3-5-10-14/h3-11H,2,12H2,1H3,(H,19,22). The molecule has 0 aliphatic heterocycles. The van der Waals surface area contributed by atoms with Crippen LogP contribution < -0.4 is 5.32 Å². The van der Waals surface area contributed by atoms with E-state index in [9.17, 15) is 4.79 Å². The average molecular weight is 388 g/mol. The van der Waals surface area contributed by atoms with Crippen LogP contribution in [-0.4, -0.2) is 21.4 Å². The minimum Gasteiger partial charge on any atom is -0.325 e. The zero-order chi connectivity index (χ0) is 17.6. The third kappa shape index (κ3) is 4.56. The number of para-hydroxylation sites is 2. The van der Waals surface area contributed by atoms with E-state index in [-0.39, 0.29) is 5.91 Å². The predicted octanol–water partition coefficient (Wildman–Crippen LogP) is 4.96. The van der Waals surface area contributed by atoms with E-state index in [1.54, 1.807) is 4.68 Å². The van der Waals surface area contributed by atoms with Gasteiger partial charge in [0.15, 0.2) is 8.29 Å². The summed E-state index contributed by atoms with van der Waals surface area (Å²) in [6.07, 6.45) is 0.881. The molecule has 3 aromatic rings. The van der Waals surface area contributed by atoms with Crippen LogP contribution in [0.1, 0.15) is 12.5 Å². The average Bonchev–Trinajstić information content (AvgIpc) is 3.02. The number of rotatable bonds is 6. The molecule has 7 heteroatoms. The number of carbonyl (C=O) groups is 1. The van der Waals surface area contributed by atoms with Gasteiger partial charge in [-0.1, -0.05) is 66.4 Å². The first-order chi connectivity index (χ1) is 12.2. The molecule has 25 heavy (non-hydrogen) atoms. The molecular weight excluding hydrogens is 370 g/mol. The topological polar surface area (TPSA) is 46.9 Å². The molecule has 0 bridgehead atoms. The summed E-state index contributed by atoms with van der Waals surface area (Å²) in [4.78, 5) is 12.2. The molecular formula is C18H17N3OS3. The number of anilines is 1. The summed E-state index contributed by atoms with van der Waals surface area (Å²) in [6, 6.07) is 17.6. The number of benzene rings is 2. The highest BCUT2D eigenvalue weighted by Gasteiger charge is 2.10. The SMILES string of the molecule is CCc1ccccc1NC(=O)CSc1nn(-c2ccccc2)c(=S)s1. The quantitative estimate of drug-likeness (QED) is 0.480. The lowest BCUT2D eigenvalue weighted by atomic mass is 10.1. The number of thioether (sulfide) groups is 1. The van der Waals surface area contributed by atoms with Crippen molar-refractivity contribution in [1.82, 2.24) is 9.78 Å². The summed E-state index contributed by atoms with van der Waals surface area (Å²) >= 11 is 8.19. The summed E-state index contributed by atoms with van der Waals surface area (Å²) in [5.41, 5.74) is 2.93. The fourth-order valence-corrected chi connectivity index (χ4v) is 4.48. The first-order valence-corrected chi connectivity index (χ1v) is 10.0. The lowest BCUT2D eigenvalue weighted by molar-refractivity contribution is -0.113. The number of nitrogens with zero attached hydrogens (tertiary/aromatic N) is 2. The number of aryl methyl sites for hydroxylation is 1. The Morgan fingerprint density at radius 2 is 1.92 bits per heavy atom. The van der Waals surface area contributed by atoms with Gasteiger partial charge in [0.2, 0.25) is 5.91 Å². The molecule has 0 saturated heterocycles. The van der Waals surface area contributed by atoms with Crippen molar-refractivity contribution in [3.8, 4) is 5.69 Å². The summed E-state index contributed by atoms with van der Waals surface area (Å²) < 4.78 is 3.19. The van der Waals surface area contributed by atoms with Crippen molar-refractivity contribution in [2.24, 2.45) is 0 Å². The van der Waals surface area contributed by atoms with Crippen molar-refractivity contribution in [2.75, 3.05) is 11.1 Å². The second-order valence-corrected chi connectivity index (χ2v) is 8.07. The maximum Gasteiger partial charge on any atom is 0.234 e. The van der Waals surface area contributed by atoms with Crippen LogP contribution >= 0.6 is 35.3 Å². The summed E-state index contributed by atoms with van der Waals surface area (Å²) in [6.45, 7) is 2.07. The second-order valence-electron chi connectivity index (χ2n) is 5.23. The Morgan fingerprint density at radius 1 is 1.20 bits per heavy atom. The molecule has 3 rings (SSSR count). The van der Waals surface area contributed by atoms with Crippen LogP contribution in [0.15, 0.2) is 58.9 Å². The van der Waals surface area contributed by atoms with Gasteiger partial charge in [-0.25, -0.2) is 4.68 Å². The maximum atomic E-state index is 12.2. The van der Waals surface area contributed by atoms with E-state index in [0.29, 0.717) is 9.71 Å². The Morgan fingerprint density at radius 3 is 2.68 bits per heavy atom. The third-order valence-corrected chi connectivity index (χ3v) is 5.89. The highest BCUT2D eigenvalue weighted by atomic mass is 32.2. The molecule has 1 N–H and O–H groups in total. The van der Waals surface area contributed by atoms with Gasteiger partial charge >= 0.3 is 0 Å². The van der Waals surface area contributed by atoms with Gasteiger partial charge < -0.3 is 5.32 Å². The highest BCUT2D eigenvalue weighted by molar-refractivity contribution is 8.01. The molecule has 0 aliphatic carbocycles. The van der Waals surface area contributed by atoms with Gasteiger partial charge in [-0.2, -0.15) is 0 Å². The normalized spacial score (nSPS) is 10.6. The molecule has 1 heterocycles. The first kappa shape index (κ1) is 17.8. The van der Waals surface area contributed by atoms with Gasteiger partial charge in [0, 0.05) is 5.69 Å². The van der Waals surface area contributed by atoms with Crippen LogP contribution in [-0.2, 0) is 11.2 Å². The van der Waals surface area contributed by atoms with Crippen LogP contribution in [0.5, 0.6) is 0 Å². The zero-order valence-corrected chi connectivity index (χ0v) is 16.1. The summed E-state index contributed by atoms with van der Waals surface area (Å²) in [5.74, 6) is 0.257. The third-order valence-electron chi connectivity index (χ3n) is 3.53. The molecule has 0 aliphatic rings. The molecule has 1 aromatic heterocycles. The lowest BCUT2D eigenvalue weighted by Crippen LogP contribution is -2.15. The Bertz CT molecular complexity index is 919. The van der Waals surface area contributed by atoms with Crippen molar-refractivity contribution < 1.29 is 4.79 Å². The van der Waals surface area contributed by atoms with Crippen LogP contribution in [0.2, 0.25) is 0 Å². The number of nitrogens with one attached hydrogen (secondary N) is 1. The van der Waals surface area contributed by atoms with Crippen molar-refractivity contribution in [2.45, 2.75) is 17.7 Å². The van der Waals surface area contributed by atoms with Crippen LogP contribution in [0, 0.1) is 3.95 Å². The van der Waals surface area contributed by atoms with E-state index >= 15 is 0 Å². The molecule has 0 radical (unpaired) electrons. The van der Waals surface area contributed by atoms with Crippen molar-refractivity contribution in [1.29, 1.82) is 0 Å². The Balaban J connectivity index is 1.64. The van der Waals surface area contributed by atoms with Crippen LogP contribution in [0.4, 0.5) is 5.69 Å². The van der Waals surface area contributed by atoms with Crippen LogP contribution in [0.3, 0.4) is 0 Å². The number of amides is 1. The molecule has 0 unspecified atom stereocenters. The highest BCUT2D eigenvalue weighted by Crippen LogP contribution is 2.24. The summed E-state index contributed by atoms with van der Waals surface area (Å²) in [5, 5.41) is 7.48. The molecule has 0 saturated carbocycles. The fourth-order valence-electron chi connectivity index (χ4n) is 2.32. The van der Waals surface area contributed by atoms with Crippen molar-refractivity contribution in [3.05, 3.63) is 64.1 Å². The van der Waals surface area contributed by atoms with E-state index in [1.165, 1.54) is 23.1 Å². The van der Waals surface area contributed by atoms with Gasteiger partial charge in [-0.05, 0) is 42.4 Å². The van der Waals surface area contributed by atoms with Crippen LogP contribution in [0.25, 0.3) is 5.69 Å². The minimum atomic E-state index is -0.0433. The van der Waals surface area contributed by atoms with Crippen molar-refractivity contribution in [3.63, 3.8) is 0 Å². The van der Waals surface area contributed by atoms with Gasteiger partial charge in [0.05, 0.1) is 11.4 Å². The lowest BCUT2D eigenvalue weighted by Gasteiger charge is -2.08. The van der Waals surface area contributed by atoms with Gasteiger partial charge in [-0.3, -0.25) is 4.79 Å². The maximum absolute atomic E-state index is 12.2. The zero-order valence-electron chi connectivity index (χ0n) is 13.6. The van der Waals surface area contributed by atoms with Crippen molar-refractivity contribution >= 4 is 46.9 Å². The van der Waals surface area contributed by atoms with E-state index < -0.39 is 0 Å². The Labute approximate surface area is 159 Å². The molecule has 0 fully saturated rings. The van der Waals surface area contributed by atoms with Gasteiger partial charge in [0.1, 0.15) is 0 Å². The van der Waals surface area contributed by atoms with Gasteiger partial charge in [-0.15, -0.1) is 5.10 Å². The van der Waals surface area contributed by atoms with E-state index in [1.807, 2.05) is 54.6 Å². The molecule has 0 spiro atoms. The number of aromatic nitrogens is 2. The largest absolute Gasteiger partial charge is 0.325 e. The number of hydrogen-bond donors (Lipinski definition) is 1. The van der Waals surface area contributed by atoms with E-state index in [0.717, 1.165) is 27.7 Å². The smallest absolute Gasteiger partial charge is 0.234 e. The molecule has 4 nitrogen and oxygen atoms in total. The number of hydrogen-bond acceptors (Lipinski definition) is 5. The van der Waals surface area contributed by atoms with E-state index in [2.05, 4.69) is 17.3 Å². The number of carbonyl (C=O) groups excluding carboxylic acids is 1. The Kier molecular flexibility index (Phi) is 6.01. The first-order valence-electron chi connectivity index (χ1n) is 7.83. The Hall–Kier alpha value is -1.96. The fraction of sp³-hybridized carbons (Fsp3) is 0.167. The molecule has 2 aromatic carbocycles. The molecule has 128 valence electrons. The second kappa shape index (κ2) is 8.42. The monoisotopic (exact) mass is 387 g/mol. The molecule has 1 amide bonds. The van der Waals surface area contributed by atoms with Gasteiger partial charge in [0.25, 0.3) is 0 Å². The summed E-state index contributed by atoms with van der Waals surface area (Å²) in [7, 11) is 0. The minimum absolute atomic E-state index is 0.0433.